The molecule has 0 aliphatic carbocycles. The number of nitrogens with zero attached hydrogens (tertiary/aromatic N) is 4. The average molecular weight is 300 g/mol. The third kappa shape index (κ3) is 3.60. The lowest BCUT2D eigenvalue weighted by atomic mass is 10.3. The summed E-state index contributed by atoms with van der Waals surface area (Å²) in [5.41, 5.74) is 1.70. The molecule has 2 N–H and O–H groups in total. The van der Waals surface area contributed by atoms with Crippen molar-refractivity contribution in [2.75, 3.05) is 10.6 Å². The minimum absolute atomic E-state index is 0.512. The Morgan fingerprint density at radius 3 is 1.73 bits per heavy atom. The predicted molar refractivity (Wildman–Crippen MR) is 79.2 cm³/mol. The molecule has 0 amide bonds. The van der Waals surface area contributed by atoms with Gasteiger partial charge in [-0.25, -0.2) is 9.97 Å². The van der Waals surface area contributed by atoms with E-state index in [9.17, 15) is 0 Å². The molecular formula is C14H16N6O2. The van der Waals surface area contributed by atoms with Crippen LogP contribution in [0, 0.1) is 13.8 Å². The SMILES string of the molecule is Cc1cc(CNc2cc(NCc3cc(C)no3)ncn2)on1. The molecule has 0 saturated heterocycles. The van der Waals surface area contributed by atoms with Gasteiger partial charge in [-0.1, -0.05) is 10.3 Å². The second-order valence-electron chi connectivity index (χ2n) is 4.86. The first kappa shape index (κ1) is 14.1. The molecule has 0 radical (unpaired) electrons. The number of rotatable bonds is 6. The summed E-state index contributed by atoms with van der Waals surface area (Å²) < 4.78 is 10.3. The third-order valence-electron chi connectivity index (χ3n) is 2.91. The molecule has 3 rings (SSSR count). The van der Waals surface area contributed by atoms with E-state index in [1.165, 1.54) is 6.33 Å². The number of aryl methyl sites for hydroxylation is 2. The van der Waals surface area contributed by atoms with Crippen molar-refractivity contribution in [1.29, 1.82) is 0 Å². The van der Waals surface area contributed by atoms with Crippen molar-refractivity contribution in [3.8, 4) is 0 Å². The summed E-state index contributed by atoms with van der Waals surface area (Å²) in [7, 11) is 0. The van der Waals surface area contributed by atoms with E-state index in [1.54, 1.807) is 0 Å². The van der Waals surface area contributed by atoms with Crippen LogP contribution in [0.4, 0.5) is 11.6 Å². The highest BCUT2D eigenvalue weighted by Crippen LogP contribution is 2.12. The predicted octanol–water partition coefficient (Wildman–Crippen LogP) is 2.29. The molecule has 0 spiro atoms. The van der Waals surface area contributed by atoms with E-state index in [1.807, 2.05) is 32.0 Å². The summed E-state index contributed by atoms with van der Waals surface area (Å²) in [5.74, 6) is 2.89. The number of aromatic nitrogens is 4. The van der Waals surface area contributed by atoms with Crippen LogP contribution in [0.5, 0.6) is 0 Å². The van der Waals surface area contributed by atoms with Gasteiger partial charge in [-0.3, -0.25) is 0 Å². The molecule has 0 fully saturated rings. The molecule has 0 bridgehead atoms. The third-order valence-corrected chi connectivity index (χ3v) is 2.91. The molecule has 3 heterocycles. The number of hydrogen-bond donors (Lipinski definition) is 2. The summed E-state index contributed by atoms with van der Waals surface area (Å²) in [6.45, 7) is 4.78. The van der Waals surface area contributed by atoms with E-state index in [4.69, 9.17) is 9.05 Å². The van der Waals surface area contributed by atoms with Gasteiger partial charge in [0.25, 0.3) is 0 Å². The van der Waals surface area contributed by atoms with Gasteiger partial charge in [0.1, 0.15) is 18.0 Å². The summed E-state index contributed by atoms with van der Waals surface area (Å²) in [6, 6.07) is 5.56. The maximum Gasteiger partial charge on any atom is 0.156 e. The van der Waals surface area contributed by atoms with E-state index in [-0.39, 0.29) is 0 Å². The van der Waals surface area contributed by atoms with E-state index >= 15 is 0 Å². The van der Waals surface area contributed by atoms with Crippen molar-refractivity contribution in [3.63, 3.8) is 0 Å². The Morgan fingerprint density at radius 2 is 1.32 bits per heavy atom. The van der Waals surface area contributed by atoms with Crippen LogP contribution in [-0.4, -0.2) is 20.3 Å². The zero-order valence-electron chi connectivity index (χ0n) is 12.3. The largest absolute Gasteiger partial charge is 0.363 e. The highest BCUT2D eigenvalue weighted by atomic mass is 16.5. The molecule has 8 heteroatoms. The van der Waals surface area contributed by atoms with Gasteiger partial charge >= 0.3 is 0 Å². The van der Waals surface area contributed by atoms with Crippen LogP contribution in [0.2, 0.25) is 0 Å². The van der Waals surface area contributed by atoms with Gasteiger partial charge < -0.3 is 19.7 Å². The van der Waals surface area contributed by atoms with Crippen molar-refractivity contribution in [2.24, 2.45) is 0 Å². The fourth-order valence-corrected chi connectivity index (χ4v) is 1.91. The smallest absolute Gasteiger partial charge is 0.156 e. The van der Waals surface area contributed by atoms with Crippen LogP contribution in [0.1, 0.15) is 22.9 Å². The second kappa shape index (κ2) is 6.25. The minimum atomic E-state index is 0.512. The zero-order valence-corrected chi connectivity index (χ0v) is 12.3. The number of anilines is 2. The van der Waals surface area contributed by atoms with Crippen molar-refractivity contribution >= 4 is 11.6 Å². The average Bonchev–Trinajstić information content (AvgIpc) is 3.12. The molecule has 0 aliphatic rings. The topological polar surface area (TPSA) is 102 Å². The summed E-state index contributed by atoms with van der Waals surface area (Å²) >= 11 is 0. The first-order valence-electron chi connectivity index (χ1n) is 6.83. The molecule has 8 nitrogen and oxygen atoms in total. The van der Waals surface area contributed by atoms with Gasteiger partial charge in [-0.15, -0.1) is 0 Å². The molecule has 3 aromatic heterocycles. The van der Waals surface area contributed by atoms with E-state index in [2.05, 4.69) is 30.9 Å². The van der Waals surface area contributed by atoms with Crippen LogP contribution in [-0.2, 0) is 13.1 Å². The molecule has 0 aromatic carbocycles. The second-order valence-corrected chi connectivity index (χ2v) is 4.86. The Kier molecular flexibility index (Phi) is 3.99. The minimum Gasteiger partial charge on any atom is -0.363 e. The maximum atomic E-state index is 5.13. The summed E-state index contributed by atoms with van der Waals surface area (Å²) in [4.78, 5) is 8.32. The van der Waals surface area contributed by atoms with E-state index in [0.717, 1.165) is 22.9 Å². The van der Waals surface area contributed by atoms with Gasteiger partial charge in [0, 0.05) is 18.2 Å². The standard InChI is InChI=1S/C14H16N6O2/c1-9-3-11(21-19-9)6-15-13-5-14(18-8-17-13)16-7-12-4-10(2)20-22-12/h3-5,8H,6-7H2,1-2H3,(H2,15,16,17,18). The molecular weight excluding hydrogens is 284 g/mol. The van der Waals surface area contributed by atoms with Crippen LogP contribution in [0.15, 0.2) is 33.6 Å². The first-order chi connectivity index (χ1) is 10.7. The summed E-state index contributed by atoms with van der Waals surface area (Å²) in [5, 5.41) is 14.0. The quantitative estimate of drug-likeness (QED) is 0.715. The fraction of sp³-hybridized carbons (Fsp3) is 0.286. The maximum absolute atomic E-state index is 5.13. The molecule has 3 aromatic rings. The monoisotopic (exact) mass is 300 g/mol. The van der Waals surface area contributed by atoms with Crippen LogP contribution < -0.4 is 10.6 Å². The number of hydrogen-bond acceptors (Lipinski definition) is 8. The van der Waals surface area contributed by atoms with Crippen LogP contribution >= 0.6 is 0 Å². The zero-order chi connectivity index (χ0) is 15.4. The van der Waals surface area contributed by atoms with Crippen molar-refractivity contribution in [1.82, 2.24) is 20.3 Å². The van der Waals surface area contributed by atoms with Crippen molar-refractivity contribution in [2.45, 2.75) is 26.9 Å². The highest BCUT2D eigenvalue weighted by molar-refractivity contribution is 5.46. The number of nitrogens with one attached hydrogen (secondary N) is 2. The Labute approximate surface area is 126 Å². The van der Waals surface area contributed by atoms with Gasteiger partial charge in [0.2, 0.25) is 0 Å². The molecule has 0 atom stereocenters. The van der Waals surface area contributed by atoms with Gasteiger partial charge in [-0.2, -0.15) is 0 Å². The lowest BCUT2D eigenvalue weighted by Gasteiger charge is -2.06. The molecule has 0 unspecified atom stereocenters. The van der Waals surface area contributed by atoms with Crippen LogP contribution in [0.3, 0.4) is 0 Å². The summed E-state index contributed by atoms with van der Waals surface area (Å²) in [6.07, 6.45) is 1.49. The van der Waals surface area contributed by atoms with Crippen LogP contribution in [0.25, 0.3) is 0 Å². The van der Waals surface area contributed by atoms with Gasteiger partial charge in [0.15, 0.2) is 11.5 Å². The lowest BCUT2D eigenvalue weighted by molar-refractivity contribution is 0.384. The molecule has 0 aliphatic heterocycles. The Hall–Kier alpha value is -2.90. The molecule has 22 heavy (non-hydrogen) atoms. The Morgan fingerprint density at radius 1 is 0.818 bits per heavy atom. The Bertz CT molecular complexity index is 692. The first-order valence-corrected chi connectivity index (χ1v) is 6.83. The Balaban J connectivity index is 1.57. The van der Waals surface area contributed by atoms with Crippen molar-refractivity contribution < 1.29 is 9.05 Å². The lowest BCUT2D eigenvalue weighted by Crippen LogP contribution is -2.04. The fourth-order valence-electron chi connectivity index (χ4n) is 1.91. The van der Waals surface area contributed by atoms with Gasteiger partial charge in [-0.05, 0) is 13.8 Å². The van der Waals surface area contributed by atoms with E-state index < -0.39 is 0 Å². The highest BCUT2D eigenvalue weighted by Gasteiger charge is 2.04. The molecule has 114 valence electrons. The van der Waals surface area contributed by atoms with E-state index in [0.29, 0.717) is 24.7 Å². The van der Waals surface area contributed by atoms with Crippen molar-refractivity contribution in [3.05, 3.63) is 47.4 Å². The van der Waals surface area contributed by atoms with Gasteiger partial charge in [0.05, 0.1) is 24.5 Å². The molecule has 0 saturated carbocycles. The normalized spacial score (nSPS) is 10.6.